The van der Waals surface area contributed by atoms with Crippen LogP contribution >= 0.6 is 0 Å². The molecule has 190 valence electrons. The van der Waals surface area contributed by atoms with Crippen molar-refractivity contribution < 1.29 is 25.0 Å². The van der Waals surface area contributed by atoms with E-state index in [2.05, 4.69) is 23.9 Å². The maximum absolute atomic E-state index is 13.2. The summed E-state index contributed by atoms with van der Waals surface area (Å²) in [7, 11) is 0. The molecule has 0 aromatic rings. The number of aliphatic hydroxyl groups excluding tert-OH is 2. The zero-order valence-corrected chi connectivity index (χ0v) is 21.0. The van der Waals surface area contributed by atoms with Crippen molar-refractivity contribution in [3.8, 4) is 0 Å². The molecule has 1 saturated heterocycles. The van der Waals surface area contributed by atoms with Crippen molar-refractivity contribution in [1.82, 2.24) is 4.90 Å². The van der Waals surface area contributed by atoms with E-state index in [1.165, 1.54) is 12.8 Å². The summed E-state index contributed by atoms with van der Waals surface area (Å²) in [5, 5.41) is 37.4. The fourth-order valence-corrected chi connectivity index (χ4v) is 8.43. The molecule has 0 bridgehead atoms. The second-order valence-electron chi connectivity index (χ2n) is 12.2. The number of hydrogen-bond acceptors (Lipinski definition) is 7. The quantitative estimate of drug-likeness (QED) is 0.322. The molecule has 1 heterocycles. The summed E-state index contributed by atoms with van der Waals surface area (Å²) < 4.78 is 0. The van der Waals surface area contributed by atoms with Crippen LogP contribution in [0.1, 0.15) is 72.1 Å². The predicted molar refractivity (Wildman–Crippen MR) is 129 cm³/mol. The van der Waals surface area contributed by atoms with Crippen molar-refractivity contribution in [2.24, 2.45) is 33.7 Å². The van der Waals surface area contributed by atoms with Crippen molar-refractivity contribution in [1.29, 1.82) is 0 Å². The molecule has 0 amide bonds. The second kappa shape index (κ2) is 8.68. The number of carbonyl (C=O) groups excluding carboxylic acids is 1. The van der Waals surface area contributed by atoms with Crippen molar-refractivity contribution in [3.05, 3.63) is 11.6 Å². The minimum Gasteiger partial charge on any atom is -0.394 e. The van der Waals surface area contributed by atoms with Gasteiger partial charge in [-0.2, -0.15) is 0 Å². The lowest BCUT2D eigenvalue weighted by atomic mass is 9.46. The summed E-state index contributed by atoms with van der Waals surface area (Å²) in [6, 6.07) is 0. The summed E-state index contributed by atoms with van der Waals surface area (Å²) >= 11 is 0. The van der Waals surface area contributed by atoms with E-state index in [1.54, 1.807) is 6.08 Å². The number of aliphatic hydroxyl groups is 3. The molecule has 8 atom stereocenters. The first kappa shape index (κ1) is 24.4. The SMILES string of the molecule is CC(=NOCCN1CCCC1)[C@H]1CC[C@@]2(O)C3=CC(=O)[C@@H]4C[C@@H](O)[C@@H](O)C[C@]4(C)C3CC[C@]12C. The monoisotopic (exact) mass is 474 g/mol. The third-order valence-electron chi connectivity index (χ3n) is 10.5. The van der Waals surface area contributed by atoms with Crippen LogP contribution in [0.25, 0.3) is 0 Å². The fraction of sp³-hybridized carbons (Fsp3) is 0.852. The van der Waals surface area contributed by atoms with E-state index in [-0.39, 0.29) is 23.5 Å². The fourth-order valence-electron chi connectivity index (χ4n) is 8.43. The lowest BCUT2D eigenvalue weighted by Crippen LogP contribution is -2.60. The molecule has 5 rings (SSSR count). The maximum Gasteiger partial charge on any atom is 0.159 e. The molecule has 0 radical (unpaired) electrons. The highest BCUT2D eigenvalue weighted by molar-refractivity contribution is 5.95. The number of likely N-dealkylation sites (tertiary alicyclic amines) is 1. The molecule has 0 spiro atoms. The molecule has 4 fully saturated rings. The van der Waals surface area contributed by atoms with Crippen molar-refractivity contribution in [3.63, 3.8) is 0 Å². The number of ketones is 1. The van der Waals surface area contributed by atoms with E-state index >= 15 is 0 Å². The number of fused-ring (bicyclic) bond motifs is 5. The first-order valence-electron chi connectivity index (χ1n) is 13.3. The zero-order chi connectivity index (χ0) is 24.3. The average molecular weight is 475 g/mol. The van der Waals surface area contributed by atoms with Gasteiger partial charge in [-0.25, -0.2) is 0 Å². The molecule has 7 nitrogen and oxygen atoms in total. The molecule has 0 aromatic heterocycles. The Morgan fingerprint density at radius 1 is 1.15 bits per heavy atom. The van der Waals surface area contributed by atoms with Gasteiger partial charge < -0.3 is 20.2 Å². The third-order valence-corrected chi connectivity index (χ3v) is 10.5. The standard InChI is InChI=1S/C27H42N2O5/c1-17(28-34-13-12-29-10-4-5-11-29)18-7-9-27(33)20-14-22(30)21-15-23(31)24(32)16-25(21,2)19(20)6-8-26(18,27)3/h14,18-19,21,23-24,31-33H,4-13,15-16H2,1-3H3/t18-,19?,21+,23-,24+,25-,26-,27-/m1/s1. The van der Waals surface area contributed by atoms with Crippen LogP contribution in [0, 0.1) is 28.6 Å². The van der Waals surface area contributed by atoms with Crippen LogP contribution < -0.4 is 0 Å². The van der Waals surface area contributed by atoms with Gasteiger partial charge in [0.15, 0.2) is 5.78 Å². The van der Waals surface area contributed by atoms with Crippen molar-refractivity contribution in [2.45, 2.75) is 89.9 Å². The molecule has 5 aliphatic rings. The average Bonchev–Trinajstić information content (AvgIpc) is 3.39. The van der Waals surface area contributed by atoms with Crippen LogP contribution in [-0.4, -0.2) is 75.8 Å². The molecule has 7 heteroatoms. The van der Waals surface area contributed by atoms with Gasteiger partial charge >= 0.3 is 0 Å². The molecular weight excluding hydrogens is 432 g/mol. The minimum atomic E-state index is -1.06. The molecule has 3 saturated carbocycles. The van der Waals surface area contributed by atoms with Gasteiger partial charge in [0.1, 0.15) is 6.61 Å². The Labute approximate surface area is 203 Å². The molecule has 3 N–H and O–H groups in total. The van der Waals surface area contributed by atoms with Gasteiger partial charge in [-0.15, -0.1) is 0 Å². The van der Waals surface area contributed by atoms with Gasteiger partial charge in [0.05, 0.1) is 23.5 Å². The minimum absolute atomic E-state index is 0.00328. The largest absolute Gasteiger partial charge is 0.394 e. The van der Waals surface area contributed by atoms with E-state index in [0.29, 0.717) is 25.9 Å². The van der Waals surface area contributed by atoms with Crippen LogP contribution in [0.4, 0.5) is 0 Å². The number of nitrogens with zero attached hydrogens (tertiary/aromatic N) is 2. The highest BCUT2D eigenvalue weighted by Gasteiger charge is 2.66. The zero-order valence-electron chi connectivity index (χ0n) is 21.0. The summed E-state index contributed by atoms with van der Waals surface area (Å²) in [4.78, 5) is 21.4. The topological polar surface area (TPSA) is 103 Å². The highest BCUT2D eigenvalue weighted by atomic mass is 16.6. The molecule has 4 aliphatic carbocycles. The van der Waals surface area contributed by atoms with E-state index in [9.17, 15) is 20.1 Å². The van der Waals surface area contributed by atoms with E-state index in [1.807, 2.05) is 6.92 Å². The number of allylic oxidation sites excluding steroid dienone is 1. The first-order valence-corrected chi connectivity index (χ1v) is 13.3. The number of carbonyl (C=O) groups is 1. The molecule has 0 aromatic carbocycles. The van der Waals surface area contributed by atoms with Crippen LogP contribution in [0.5, 0.6) is 0 Å². The Bertz CT molecular complexity index is 882. The molecular formula is C27H42N2O5. The molecule has 1 unspecified atom stereocenters. The Balaban J connectivity index is 1.36. The van der Waals surface area contributed by atoms with Crippen molar-refractivity contribution >= 4 is 11.5 Å². The normalized spacial score (nSPS) is 47.1. The predicted octanol–water partition coefficient (Wildman–Crippen LogP) is 2.68. The van der Waals surface area contributed by atoms with Crippen LogP contribution in [0.3, 0.4) is 0 Å². The van der Waals surface area contributed by atoms with Crippen LogP contribution in [0.2, 0.25) is 0 Å². The van der Waals surface area contributed by atoms with Gasteiger partial charge in [-0.3, -0.25) is 9.69 Å². The number of hydrogen-bond donors (Lipinski definition) is 3. The van der Waals surface area contributed by atoms with Gasteiger partial charge in [0.25, 0.3) is 0 Å². The summed E-state index contributed by atoms with van der Waals surface area (Å²) in [6.07, 6.45) is 6.39. The second-order valence-corrected chi connectivity index (χ2v) is 12.2. The molecule has 34 heavy (non-hydrogen) atoms. The Hall–Kier alpha value is -1.28. The first-order chi connectivity index (χ1) is 16.1. The van der Waals surface area contributed by atoms with E-state index in [0.717, 1.165) is 50.2 Å². The van der Waals surface area contributed by atoms with Gasteiger partial charge in [0.2, 0.25) is 0 Å². The smallest absolute Gasteiger partial charge is 0.159 e. The van der Waals surface area contributed by atoms with Crippen molar-refractivity contribution in [2.75, 3.05) is 26.2 Å². The third kappa shape index (κ3) is 3.61. The van der Waals surface area contributed by atoms with Gasteiger partial charge in [0, 0.05) is 23.8 Å². The van der Waals surface area contributed by atoms with Gasteiger partial charge in [-0.1, -0.05) is 19.0 Å². The maximum atomic E-state index is 13.2. The molecule has 1 aliphatic heterocycles. The Morgan fingerprint density at radius 3 is 2.62 bits per heavy atom. The van der Waals surface area contributed by atoms with E-state index in [4.69, 9.17) is 4.84 Å². The van der Waals surface area contributed by atoms with Gasteiger partial charge in [-0.05, 0) is 94.4 Å². The Kier molecular flexibility index (Phi) is 6.23. The Morgan fingerprint density at radius 2 is 1.88 bits per heavy atom. The summed E-state index contributed by atoms with van der Waals surface area (Å²) in [6.45, 7) is 10.0. The number of oxime groups is 1. The number of rotatable bonds is 5. The lowest BCUT2D eigenvalue weighted by Gasteiger charge is -2.59. The lowest BCUT2D eigenvalue weighted by molar-refractivity contribution is -0.151. The summed E-state index contributed by atoms with van der Waals surface area (Å²) in [5.74, 6) is -0.151. The highest BCUT2D eigenvalue weighted by Crippen LogP contribution is 2.67. The van der Waals surface area contributed by atoms with Crippen LogP contribution in [0.15, 0.2) is 16.8 Å². The van der Waals surface area contributed by atoms with E-state index < -0.39 is 28.6 Å². The summed E-state index contributed by atoms with van der Waals surface area (Å²) in [5.41, 5.74) is -0.105. The van der Waals surface area contributed by atoms with Crippen LogP contribution in [-0.2, 0) is 9.63 Å².